The number of carbonyl (C=O) groups is 2. The van der Waals surface area contributed by atoms with Crippen LogP contribution in [0.15, 0.2) is 60.7 Å². The van der Waals surface area contributed by atoms with Gasteiger partial charge < -0.3 is 9.47 Å². The highest BCUT2D eigenvalue weighted by molar-refractivity contribution is 8.70. The van der Waals surface area contributed by atoms with Gasteiger partial charge in [0.25, 0.3) is 0 Å². The lowest BCUT2D eigenvalue weighted by molar-refractivity contribution is 0.0446. The molecule has 0 heterocycles. The number of ether oxygens (including phenoxy) is 2. The van der Waals surface area contributed by atoms with Crippen LogP contribution < -0.4 is 0 Å². The van der Waals surface area contributed by atoms with Crippen molar-refractivity contribution in [2.45, 2.75) is 62.9 Å². The van der Waals surface area contributed by atoms with Gasteiger partial charge in [0.15, 0.2) is 0 Å². The molecule has 0 aliphatic carbocycles. The second kappa shape index (κ2) is 12.9. The summed E-state index contributed by atoms with van der Waals surface area (Å²) in [5.74, 6) is -0.805. The predicted octanol–water partition coefficient (Wildman–Crippen LogP) is 6.21. The van der Waals surface area contributed by atoms with E-state index in [0.717, 1.165) is 0 Å². The molecule has 0 bridgehead atoms. The van der Waals surface area contributed by atoms with Crippen molar-refractivity contribution < 1.29 is 23.3 Å². The molecular formula is C26H34O5S2. The van der Waals surface area contributed by atoms with Gasteiger partial charge in [-0.25, -0.2) is 13.8 Å². The Balaban J connectivity index is 2.10. The van der Waals surface area contributed by atoms with Gasteiger partial charge in [-0.2, -0.15) is 0 Å². The molecule has 2 aromatic rings. The van der Waals surface area contributed by atoms with Gasteiger partial charge >= 0.3 is 11.9 Å². The van der Waals surface area contributed by atoms with Gasteiger partial charge in [0.2, 0.25) is 0 Å². The van der Waals surface area contributed by atoms with Crippen LogP contribution in [0.3, 0.4) is 0 Å². The summed E-state index contributed by atoms with van der Waals surface area (Å²) in [4.78, 5) is 24.9. The Labute approximate surface area is 203 Å². The summed E-state index contributed by atoms with van der Waals surface area (Å²) in [6, 6.07) is 17.7. The summed E-state index contributed by atoms with van der Waals surface area (Å²) in [5, 5.41) is 0. The third-order valence-electron chi connectivity index (χ3n) is 6.13. The quantitative estimate of drug-likeness (QED) is 0.245. The summed E-state index contributed by atoms with van der Waals surface area (Å²) in [5.41, 5.74) is 0.968. The standard InChI is InChI=1S/C26H34O5S2/c1-5-25(6-2,19-30-23(27)21-15-11-9-12-16-21)32-33(29)26(7-3,8-4)20-31-24(28)22-17-13-10-14-18-22/h9-18H,5-8,19-20H2,1-4H3/t33-/m1/s1. The number of carbonyl (C=O) groups excluding carboxylic acids is 2. The molecule has 0 saturated heterocycles. The van der Waals surface area contributed by atoms with E-state index in [4.69, 9.17) is 9.47 Å². The van der Waals surface area contributed by atoms with Gasteiger partial charge in [0.05, 0.1) is 30.5 Å². The predicted molar refractivity (Wildman–Crippen MR) is 136 cm³/mol. The van der Waals surface area contributed by atoms with Crippen molar-refractivity contribution in [2.24, 2.45) is 0 Å². The molecule has 0 saturated carbocycles. The van der Waals surface area contributed by atoms with E-state index >= 15 is 0 Å². The number of rotatable bonds is 13. The molecule has 0 unspecified atom stereocenters. The lowest BCUT2D eigenvalue weighted by atomic mass is 10.0. The molecule has 5 nitrogen and oxygen atoms in total. The van der Waals surface area contributed by atoms with Crippen LogP contribution in [-0.4, -0.2) is 38.9 Å². The van der Waals surface area contributed by atoms with Crippen LogP contribution in [0.25, 0.3) is 0 Å². The molecule has 0 aromatic heterocycles. The lowest BCUT2D eigenvalue weighted by Gasteiger charge is -2.36. The first-order chi connectivity index (χ1) is 15.8. The van der Waals surface area contributed by atoms with Crippen molar-refractivity contribution in [3.63, 3.8) is 0 Å². The van der Waals surface area contributed by atoms with E-state index in [2.05, 4.69) is 0 Å². The van der Waals surface area contributed by atoms with Crippen molar-refractivity contribution in [1.29, 1.82) is 0 Å². The maximum atomic E-state index is 13.7. The highest BCUT2D eigenvalue weighted by Crippen LogP contribution is 2.42. The van der Waals surface area contributed by atoms with Crippen LogP contribution in [0.5, 0.6) is 0 Å². The monoisotopic (exact) mass is 490 g/mol. The SMILES string of the molecule is CCC(CC)(COC(=O)c1ccccc1)S[S@@](=O)C(CC)(CC)COC(=O)c1ccccc1. The fourth-order valence-electron chi connectivity index (χ4n) is 3.29. The average Bonchev–Trinajstić information content (AvgIpc) is 2.88. The second-order valence-electron chi connectivity index (χ2n) is 7.98. The van der Waals surface area contributed by atoms with Gasteiger partial charge in [-0.15, -0.1) is 0 Å². The molecule has 0 spiro atoms. The van der Waals surface area contributed by atoms with Crippen molar-refractivity contribution >= 4 is 32.6 Å². The summed E-state index contributed by atoms with van der Waals surface area (Å²) in [6.07, 6.45) is 2.57. The first kappa shape index (κ1) is 27.1. The van der Waals surface area contributed by atoms with Gasteiger partial charge in [-0.1, -0.05) is 74.9 Å². The first-order valence-electron chi connectivity index (χ1n) is 11.4. The van der Waals surface area contributed by atoms with Crippen LogP contribution in [-0.2, 0) is 19.3 Å². The van der Waals surface area contributed by atoms with Crippen LogP contribution in [0, 0.1) is 0 Å². The zero-order valence-corrected chi connectivity index (χ0v) is 21.5. The molecule has 7 heteroatoms. The minimum Gasteiger partial charge on any atom is -0.461 e. The third-order valence-corrected chi connectivity index (χ3v) is 11.3. The molecule has 2 rings (SSSR count). The third kappa shape index (κ3) is 7.18. The van der Waals surface area contributed by atoms with Crippen LogP contribution >= 0.6 is 10.8 Å². The summed E-state index contributed by atoms with van der Waals surface area (Å²) in [6.45, 7) is 8.19. The molecule has 0 aliphatic heterocycles. The van der Waals surface area contributed by atoms with E-state index in [1.165, 1.54) is 10.8 Å². The second-order valence-corrected chi connectivity index (χ2v) is 11.8. The van der Waals surface area contributed by atoms with E-state index < -0.39 is 25.3 Å². The summed E-state index contributed by atoms with van der Waals surface area (Å²) in [7, 11) is -0.0329. The van der Waals surface area contributed by atoms with Crippen molar-refractivity contribution in [1.82, 2.24) is 0 Å². The van der Waals surface area contributed by atoms with Crippen molar-refractivity contribution in [3.8, 4) is 0 Å². The minimum atomic E-state index is -1.37. The zero-order chi connectivity index (χ0) is 24.3. The number of hydrogen-bond donors (Lipinski definition) is 0. The van der Waals surface area contributed by atoms with E-state index in [0.29, 0.717) is 36.8 Å². The molecule has 0 fully saturated rings. The molecule has 1 atom stereocenters. The van der Waals surface area contributed by atoms with Crippen LogP contribution in [0.4, 0.5) is 0 Å². The van der Waals surface area contributed by atoms with Crippen LogP contribution in [0.1, 0.15) is 74.1 Å². The minimum absolute atomic E-state index is 0.0701. The molecule has 2 aromatic carbocycles. The van der Waals surface area contributed by atoms with E-state index in [1.807, 2.05) is 39.8 Å². The number of esters is 2. The number of hydrogen-bond acceptors (Lipinski definition) is 6. The zero-order valence-electron chi connectivity index (χ0n) is 19.9. The van der Waals surface area contributed by atoms with Gasteiger partial charge in [-0.3, -0.25) is 0 Å². The highest BCUT2D eigenvalue weighted by atomic mass is 33.1. The van der Waals surface area contributed by atoms with Crippen molar-refractivity contribution in [3.05, 3.63) is 71.8 Å². The Hall–Kier alpha value is -2.12. The largest absolute Gasteiger partial charge is 0.461 e. The molecule has 33 heavy (non-hydrogen) atoms. The Bertz CT molecular complexity index is 907. The number of benzene rings is 2. The molecule has 0 radical (unpaired) electrons. The highest BCUT2D eigenvalue weighted by Gasteiger charge is 2.41. The smallest absolute Gasteiger partial charge is 0.338 e. The first-order valence-corrected chi connectivity index (χ1v) is 13.9. The van der Waals surface area contributed by atoms with Gasteiger partial charge in [-0.05, 0) is 49.9 Å². The van der Waals surface area contributed by atoms with Gasteiger partial charge in [0, 0.05) is 0 Å². The van der Waals surface area contributed by atoms with E-state index in [9.17, 15) is 13.8 Å². The Morgan fingerprint density at radius 1 is 0.727 bits per heavy atom. The molecule has 0 N–H and O–H groups in total. The molecular weight excluding hydrogens is 456 g/mol. The topological polar surface area (TPSA) is 69.7 Å². The normalized spacial score (nSPS) is 12.7. The maximum Gasteiger partial charge on any atom is 0.338 e. The van der Waals surface area contributed by atoms with Crippen LogP contribution in [0.2, 0.25) is 0 Å². The fraction of sp³-hybridized carbons (Fsp3) is 0.462. The Kier molecular flexibility index (Phi) is 10.6. The Morgan fingerprint density at radius 3 is 1.55 bits per heavy atom. The lowest BCUT2D eigenvalue weighted by Crippen LogP contribution is -2.41. The summed E-state index contributed by atoms with van der Waals surface area (Å²) < 4.78 is 23.7. The molecule has 0 aliphatic rings. The van der Waals surface area contributed by atoms with Gasteiger partial charge in [0.1, 0.15) is 13.2 Å². The average molecular weight is 491 g/mol. The van der Waals surface area contributed by atoms with E-state index in [1.54, 1.807) is 48.5 Å². The fourth-order valence-corrected chi connectivity index (χ4v) is 7.96. The van der Waals surface area contributed by atoms with Crippen molar-refractivity contribution in [2.75, 3.05) is 13.2 Å². The molecule has 180 valence electrons. The molecule has 0 amide bonds. The summed E-state index contributed by atoms with van der Waals surface area (Å²) >= 11 is 0. The Morgan fingerprint density at radius 2 is 1.15 bits per heavy atom. The van der Waals surface area contributed by atoms with E-state index in [-0.39, 0.29) is 19.2 Å². The maximum absolute atomic E-state index is 13.7.